The Morgan fingerprint density at radius 1 is 1.00 bits per heavy atom. The van der Waals surface area contributed by atoms with Crippen LogP contribution in [0.1, 0.15) is 43.4 Å². The van der Waals surface area contributed by atoms with E-state index in [1.165, 1.54) is 11.1 Å². The van der Waals surface area contributed by atoms with Crippen molar-refractivity contribution in [2.24, 2.45) is 0 Å². The first-order valence-corrected chi connectivity index (χ1v) is 7.67. The average Bonchev–Trinajstić information content (AvgIpc) is 2.56. The lowest BCUT2D eigenvalue weighted by molar-refractivity contribution is 0.395. The van der Waals surface area contributed by atoms with Gasteiger partial charge in [-0.05, 0) is 24.0 Å². The number of methoxy groups -OCH3 is 1. The van der Waals surface area contributed by atoms with E-state index < -0.39 is 0 Å². The topological polar surface area (TPSA) is 21.3 Å². The van der Waals surface area contributed by atoms with Gasteiger partial charge in [-0.15, -0.1) is 0 Å². The maximum absolute atomic E-state index is 5.48. The van der Waals surface area contributed by atoms with Gasteiger partial charge in [0.15, 0.2) is 0 Å². The molecule has 0 aliphatic carbocycles. The summed E-state index contributed by atoms with van der Waals surface area (Å²) < 4.78 is 5.48. The van der Waals surface area contributed by atoms with Crippen molar-refractivity contribution in [2.45, 2.75) is 32.2 Å². The number of rotatable bonds is 7. The molecule has 0 spiro atoms. The summed E-state index contributed by atoms with van der Waals surface area (Å²) in [5, 5.41) is 3.68. The van der Waals surface area contributed by atoms with E-state index in [-0.39, 0.29) is 0 Å². The first-order chi connectivity index (χ1) is 10.3. The summed E-state index contributed by atoms with van der Waals surface area (Å²) in [6, 6.07) is 19.2. The Bertz CT molecular complexity index is 538. The molecule has 2 atom stereocenters. The van der Waals surface area contributed by atoms with Gasteiger partial charge in [-0.2, -0.15) is 0 Å². The second kappa shape index (κ2) is 7.84. The van der Waals surface area contributed by atoms with Crippen LogP contribution in [0.15, 0.2) is 54.6 Å². The fourth-order valence-corrected chi connectivity index (χ4v) is 2.65. The van der Waals surface area contributed by atoms with E-state index in [0.29, 0.717) is 12.0 Å². The Labute approximate surface area is 128 Å². The number of ether oxygens (including phenoxy) is 1. The highest BCUT2D eigenvalue weighted by molar-refractivity contribution is 5.35. The lowest BCUT2D eigenvalue weighted by Gasteiger charge is -2.22. The van der Waals surface area contributed by atoms with E-state index in [2.05, 4.69) is 61.6 Å². The van der Waals surface area contributed by atoms with Crippen molar-refractivity contribution in [3.8, 4) is 5.75 Å². The summed E-state index contributed by atoms with van der Waals surface area (Å²) in [5.74, 6) is 1.46. The van der Waals surface area contributed by atoms with Gasteiger partial charge in [-0.1, -0.05) is 62.4 Å². The summed E-state index contributed by atoms with van der Waals surface area (Å²) in [6.45, 7) is 5.43. The third kappa shape index (κ3) is 4.08. The molecule has 0 heterocycles. The number of para-hydroxylation sites is 1. The zero-order valence-electron chi connectivity index (χ0n) is 13.2. The van der Waals surface area contributed by atoms with Crippen molar-refractivity contribution in [3.05, 3.63) is 65.7 Å². The maximum Gasteiger partial charge on any atom is 0.123 e. The lowest BCUT2D eigenvalue weighted by Crippen LogP contribution is -2.25. The molecule has 0 fully saturated rings. The summed E-state index contributed by atoms with van der Waals surface area (Å²) in [5.41, 5.74) is 2.61. The Morgan fingerprint density at radius 3 is 2.33 bits per heavy atom. The van der Waals surface area contributed by atoms with Crippen LogP contribution in [0.2, 0.25) is 0 Å². The van der Waals surface area contributed by atoms with Gasteiger partial charge in [0.05, 0.1) is 7.11 Å². The zero-order valence-corrected chi connectivity index (χ0v) is 13.2. The fourth-order valence-electron chi connectivity index (χ4n) is 2.65. The quantitative estimate of drug-likeness (QED) is 0.805. The van der Waals surface area contributed by atoms with Crippen molar-refractivity contribution in [2.75, 3.05) is 13.7 Å². The molecule has 0 saturated carbocycles. The normalized spacial score (nSPS) is 13.7. The van der Waals surface area contributed by atoms with Gasteiger partial charge in [0.2, 0.25) is 0 Å². The van der Waals surface area contributed by atoms with Crippen LogP contribution in [0.25, 0.3) is 0 Å². The maximum atomic E-state index is 5.48. The van der Waals surface area contributed by atoms with Gasteiger partial charge in [0.1, 0.15) is 5.75 Å². The zero-order chi connectivity index (χ0) is 15.1. The molecular formula is C19H25NO. The summed E-state index contributed by atoms with van der Waals surface area (Å²) in [6.07, 6.45) is 1.04. The van der Waals surface area contributed by atoms with Crippen LogP contribution in [-0.4, -0.2) is 13.7 Å². The molecule has 112 valence electrons. The van der Waals surface area contributed by atoms with Gasteiger partial charge in [0.25, 0.3) is 0 Å². The van der Waals surface area contributed by atoms with Gasteiger partial charge >= 0.3 is 0 Å². The minimum absolute atomic E-state index is 0.326. The standard InChI is InChI=1S/C19H25NO/c1-4-18(17-12-8-9-13-19(17)21-3)20-14-15(2)16-10-6-5-7-11-16/h5-13,15,18,20H,4,14H2,1-3H3. The highest BCUT2D eigenvalue weighted by Crippen LogP contribution is 2.27. The van der Waals surface area contributed by atoms with Crippen molar-refractivity contribution in [1.82, 2.24) is 5.32 Å². The molecule has 1 N–H and O–H groups in total. The highest BCUT2D eigenvalue weighted by atomic mass is 16.5. The molecule has 0 bridgehead atoms. The molecule has 0 aliphatic rings. The second-order valence-electron chi connectivity index (χ2n) is 5.42. The van der Waals surface area contributed by atoms with Gasteiger partial charge in [0, 0.05) is 18.2 Å². The van der Waals surface area contributed by atoms with E-state index in [0.717, 1.165) is 18.7 Å². The minimum Gasteiger partial charge on any atom is -0.496 e. The highest BCUT2D eigenvalue weighted by Gasteiger charge is 2.15. The van der Waals surface area contributed by atoms with Crippen LogP contribution in [0.4, 0.5) is 0 Å². The molecule has 2 aromatic carbocycles. The smallest absolute Gasteiger partial charge is 0.123 e. The first-order valence-electron chi connectivity index (χ1n) is 7.67. The SMILES string of the molecule is CCC(NCC(C)c1ccccc1)c1ccccc1OC. The molecule has 2 rings (SSSR count). The number of benzene rings is 2. The largest absolute Gasteiger partial charge is 0.496 e. The van der Waals surface area contributed by atoms with Crippen LogP contribution in [0.3, 0.4) is 0 Å². The predicted molar refractivity (Wildman–Crippen MR) is 88.9 cm³/mol. The molecule has 0 saturated heterocycles. The molecule has 21 heavy (non-hydrogen) atoms. The molecule has 2 heteroatoms. The van der Waals surface area contributed by atoms with Crippen molar-refractivity contribution >= 4 is 0 Å². The molecular weight excluding hydrogens is 258 g/mol. The molecule has 0 radical (unpaired) electrons. The molecule has 0 aliphatic heterocycles. The lowest BCUT2D eigenvalue weighted by atomic mass is 9.99. The second-order valence-corrected chi connectivity index (χ2v) is 5.42. The van der Waals surface area contributed by atoms with E-state index in [1.807, 2.05) is 12.1 Å². The number of nitrogens with one attached hydrogen (secondary N) is 1. The monoisotopic (exact) mass is 283 g/mol. The molecule has 2 aromatic rings. The molecule has 0 aromatic heterocycles. The van der Waals surface area contributed by atoms with Crippen molar-refractivity contribution in [1.29, 1.82) is 0 Å². The van der Waals surface area contributed by atoms with Crippen LogP contribution in [-0.2, 0) is 0 Å². The van der Waals surface area contributed by atoms with Crippen LogP contribution in [0, 0.1) is 0 Å². The molecule has 2 nitrogen and oxygen atoms in total. The number of hydrogen-bond acceptors (Lipinski definition) is 2. The van der Waals surface area contributed by atoms with Crippen LogP contribution < -0.4 is 10.1 Å². The number of hydrogen-bond donors (Lipinski definition) is 1. The van der Waals surface area contributed by atoms with Crippen molar-refractivity contribution < 1.29 is 4.74 Å². The summed E-state index contributed by atoms with van der Waals surface area (Å²) in [7, 11) is 1.73. The third-order valence-electron chi connectivity index (χ3n) is 3.96. The van der Waals surface area contributed by atoms with Crippen LogP contribution >= 0.6 is 0 Å². The fraction of sp³-hybridized carbons (Fsp3) is 0.368. The molecule has 2 unspecified atom stereocenters. The molecule has 0 amide bonds. The third-order valence-corrected chi connectivity index (χ3v) is 3.96. The Morgan fingerprint density at radius 2 is 1.67 bits per heavy atom. The summed E-state index contributed by atoms with van der Waals surface area (Å²) in [4.78, 5) is 0. The van der Waals surface area contributed by atoms with Crippen LogP contribution in [0.5, 0.6) is 5.75 Å². The van der Waals surface area contributed by atoms with E-state index >= 15 is 0 Å². The minimum atomic E-state index is 0.326. The van der Waals surface area contributed by atoms with E-state index in [1.54, 1.807) is 7.11 Å². The average molecular weight is 283 g/mol. The van der Waals surface area contributed by atoms with Crippen molar-refractivity contribution in [3.63, 3.8) is 0 Å². The van der Waals surface area contributed by atoms with Gasteiger partial charge in [-0.3, -0.25) is 0 Å². The Kier molecular flexibility index (Phi) is 5.82. The van der Waals surface area contributed by atoms with Gasteiger partial charge < -0.3 is 10.1 Å². The van der Waals surface area contributed by atoms with Gasteiger partial charge in [-0.25, -0.2) is 0 Å². The van der Waals surface area contributed by atoms with E-state index in [4.69, 9.17) is 4.74 Å². The summed E-state index contributed by atoms with van der Waals surface area (Å²) >= 11 is 0. The van der Waals surface area contributed by atoms with E-state index in [9.17, 15) is 0 Å². The Hall–Kier alpha value is -1.80. The predicted octanol–water partition coefficient (Wildman–Crippen LogP) is 4.54. The Balaban J connectivity index is 2.03. The first kappa shape index (κ1) is 15.6.